The Kier molecular flexibility index (Phi) is 5.90. The second-order valence-corrected chi connectivity index (χ2v) is 7.44. The number of hydrogen-bond acceptors (Lipinski definition) is 2. The van der Waals surface area contributed by atoms with E-state index in [1.165, 1.54) is 10.9 Å². The fourth-order valence-electron chi connectivity index (χ4n) is 3.98. The van der Waals surface area contributed by atoms with Gasteiger partial charge in [0.2, 0.25) is 0 Å². The molecule has 0 saturated heterocycles. The first-order valence-corrected chi connectivity index (χ1v) is 10.1. The van der Waals surface area contributed by atoms with Gasteiger partial charge in [-0.2, -0.15) is 0 Å². The van der Waals surface area contributed by atoms with Crippen LogP contribution in [-0.2, 0) is 7.05 Å². The lowest BCUT2D eigenvalue weighted by Crippen LogP contribution is -2.31. The average Bonchev–Trinajstić information content (AvgIpc) is 3.19. The van der Waals surface area contributed by atoms with Gasteiger partial charge in [0.05, 0.1) is 16.6 Å². The molecule has 0 fully saturated rings. The summed E-state index contributed by atoms with van der Waals surface area (Å²) in [6, 6.07) is 10.6. The van der Waals surface area contributed by atoms with Crippen molar-refractivity contribution in [3.63, 3.8) is 0 Å². The van der Waals surface area contributed by atoms with E-state index in [-0.39, 0.29) is 11.9 Å². The lowest BCUT2D eigenvalue weighted by Gasteiger charge is -2.18. The smallest absolute Gasteiger partial charge is 0.268 e. The highest BCUT2D eigenvalue weighted by Gasteiger charge is 2.22. The molecule has 0 aliphatic carbocycles. The van der Waals surface area contributed by atoms with Gasteiger partial charge < -0.3 is 19.4 Å². The summed E-state index contributed by atoms with van der Waals surface area (Å²) in [5.74, 6) is 0.0172. The monoisotopic (exact) mass is 368 g/mol. The van der Waals surface area contributed by atoms with Crippen LogP contribution in [0.2, 0.25) is 0 Å². The first kappa shape index (κ1) is 19.5. The highest BCUT2D eigenvalue weighted by atomic mass is 16.1. The molecule has 5 nitrogen and oxygen atoms in total. The quantitative estimate of drug-likeness (QED) is 0.606. The minimum absolute atomic E-state index is 0.0172. The summed E-state index contributed by atoms with van der Waals surface area (Å²) in [6.07, 6.45) is 0.970. The van der Waals surface area contributed by atoms with Gasteiger partial charge in [-0.15, -0.1) is 0 Å². The van der Waals surface area contributed by atoms with Crippen LogP contribution in [0.1, 0.15) is 50.6 Å². The molecular weight excluding hydrogens is 336 g/mol. The molecule has 0 spiro atoms. The Bertz CT molecular complexity index is 931. The van der Waals surface area contributed by atoms with Gasteiger partial charge >= 0.3 is 0 Å². The summed E-state index contributed by atoms with van der Waals surface area (Å²) < 4.78 is 4.36. The molecular formula is C22H32N4O. The van der Waals surface area contributed by atoms with Crippen LogP contribution in [0.25, 0.3) is 21.9 Å². The topological polar surface area (TPSA) is 42.2 Å². The molecule has 5 heteroatoms. The van der Waals surface area contributed by atoms with Crippen LogP contribution in [0, 0.1) is 0 Å². The van der Waals surface area contributed by atoms with Crippen LogP contribution in [0.15, 0.2) is 30.3 Å². The van der Waals surface area contributed by atoms with Crippen molar-refractivity contribution >= 4 is 27.8 Å². The van der Waals surface area contributed by atoms with Gasteiger partial charge in [0.1, 0.15) is 5.69 Å². The van der Waals surface area contributed by atoms with E-state index < -0.39 is 0 Å². The van der Waals surface area contributed by atoms with Crippen molar-refractivity contribution in [1.29, 1.82) is 0 Å². The number of nitrogens with one attached hydrogen (secondary N) is 1. The van der Waals surface area contributed by atoms with Gasteiger partial charge in [-0.1, -0.05) is 32.0 Å². The van der Waals surface area contributed by atoms with Gasteiger partial charge in [-0.05, 0) is 52.0 Å². The standard InChI is InChI=1S/C22H32N4O/c1-6-25(7-2)14-10-13-23-22(27)20-15-19-21(26(20)16(3)4)17-11-8-9-12-18(17)24(19)5/h8-9,11-12,15-16H,6-7,10,13-14H2,1-5H3,(H,23,27). The lowest BCUT2D eigenvalue weighted by molar-refractivity contribution is 0.0941. The summed E-state index contributed by atoms with van der Waals surface area (Å²) in [6.45, 7) is 12.5. The molecule has 0 aliphatic rings. The Balaban J connectivity index is 1.87. The second kappa shape index (κ2) is 8.17. The fourth-order valence-corrected chi connectivity index (χ4v) is 3.98. The molecule has 3 aromatic rings. The van der Waals surface area contributed by atoms with Crippen molar-refractivity contribution < 1.29 is 4.79 Å². The number of para-hydroxylation sites is 1. The molecule has 0 radical (unpaired) electrons. The van der Waals surface area contributed by atoms with E-state index in [0.29, 0.717) is 6.54 Å². The molecule has 0 unspecified atom stereocenters. The number of carbonyl (C=O) groups is 1. The van der Waals surface area contributed by atoms with Gasteiger partial charge in [-0.3, -0.25) is 4.79 Å². The van der Waals surface area contributed by atoms with E-state index in [1.54, 1.807) is 0 Å². The van der Waals surface area contributed by atoms with Gasteiger partial charge in [0.15, 0.2) is 0 Å². The maximum Gasteiger partial charge on any atom is 0.268 e. The zero-order valence-electron chi connectivity index (χ0n) is 17.2. The molecule has 0 saturated carbocycles. The number of nitrogens with zero attached hydrogens (tertiary/aromatic N) is 3. The zero-order chi connectivity index (χ0) is 19.6. The Morgan fingerprint density at radius 2 is 1.85 bits per heavy atom. The number of carbonyl (C=O) groups excluding carboxylic acids is 1. The van der Waals surface area contributed by atoms with Crippen molar-refractivity contribution in [2.24, 2.45) is 7.05 Å². The Labute approximate surface area is 161 Å². The SMILES string of the molecule is CCN(CC)CCCNC(=O)c1cc2c(c3ccccc3n2C)n1C(C)C. The Hall–Kier alpha value is -2.27. The summed E-state index contributed by atoms with van der Waals surface area (Å²) in [5.41, 5.74) is 4.21. The normalized spacial score (nSPS) is 12.0. The first-order chi connectivity index (χ1) is 13.0. The predicted octanol–water partition coefficient (Wildman–Crippen LogP) is 4.18. The summed E-state index contributed by atoms with van der Waals surface area (Å²) >= 11 is 0. The van der Waals surface area contributed by atoms with Crippen molar-refractivity contribution in [1.82, 2.24) is 19.4 Å². The summed E-state index contributed by atoms with van der Waals surface area (Å²) in [7, 11) is 2.07. The first-order valence-electron chi connectivity index (χ1n) is 10.1. The van der Waals surface area contributed by atoms with Crippen molar-refractivity contribution in [3.05, 3.63) is 36.0 Å². The molecule has 146 valence electrons. The summed E-state index contributed by atoms with van der Waals surface area (Å²) in [4.78, 5) is 15.3. The highest BCUT2D eigenvalue weighted by molar-refractivity contribution is 6.10. The van der Waals surface area contributed by atoms with Crippen LogP contribution in [-0.4, -0.2) is 46.1 Å². The number of hydrogen-bond donors (Lipinski definition) is 1. The number of aromatic nitrogens is 2. The van der Waals surface area contributed by atoms with E-state index in [4.69, 9.17) is 0 Å². The van der Waals surface area contributed by atoms with Gasteiger partial charge in [0.25, 0.3) is 5.91 Å². The minimum Gasteiger partial charge on any atom is -0.351 e. The fraction of sp³-hybridized carbons (Fsp3) is 0.500. The molecule has 1 N–H and O–H groups in total. The van der Waals surface area contributed by atoms with Crippen LogP contribution in [0.3, 0.4) is 0 Å². The molecule has 2 heterocycles. The molecule has 0 atom stereocenters. The molecule has 2 aromatic heterocycles. The van der Waals surface area contributed by atoms with Crippen LogP contribution < -0.4 is 5.32 Å². The lowest BCUT2D eigenvalue weighted by atomic mass is 10.2. The van der Waals surface area contributed by atoms with Crippen LogP contribution in [0.5, 0.6) is 0 Å². The van der Waals surface area contributed by atoms with Crippen molar-refractivity contribution in [3.8, 4) is 0 Å². The van der Waals surface area contributed by atoms with E-state index in [0.717, 1.165) is 42.8 Å². The van der Waals surface area contributed by atoms with E-state index in [2.05, 4.69) is 78.4 Å². The molecule has 1 amide bonds. The van der Waals surface area contributed by atoms with Crippen molar-refractivity contribution in [2.45, 2.75) is 40.2 Å². The van der Waals surface area contributed by atoms with Gasteiger partial charge in [0, 0.05) is 25.0 Å². The van der Waals surface area contributed by atoms with E-state index in [9.17, 15) is 4.79 Å². The number of rotatable bonds is 8. The van der Waals surface area contributed by atoms with E-state index >= 15 is 0 Å². The van der Waals surface area contributed by atoms with Crippen LogP contribution >= 0.6 is 0 Å². The predicted molar refractivity (Wildman–Crippen MR) is 114 cm³/mol. The van der Waals surface area contributed by atoms with Gasteiger partial charge in [-0.25, -0.2) is 0 Å². The Morgan fingerprint density at radius 3 is 2.52 bits per heavy atom. The number of fused-ring (bicyclic) bond motifs is 3. The highest BCUT2D eigenvalue weighted by Crippen LogP contribution is 2.33. The maximum atomic E-state index is 12.9. The molecule has 0 bridgehead atoms. The summed E-state index contributed by atoms with van der Waals surface area (Å²) in [5, 5.41) is 4.32. The molecule has 0 aliphatic heterocycles. The average molecular weight is 369 g/mol. The number of aryl methyl sites for hydroxylation is 1. The van der Waals surface area contributed by atoms with E-state index in [1.807, 2.05) is 6.07 Å². The number of amides is 1. The van der Waals surface area contributed by atoms with Crippen LogP contribution in [0.4, 0.5) is 0 Å². The maximum absolute atomic E-state index is 12.9. The minimum atomic E-state index is 0.0172. The second-order valence-electron chi connectivity index (χ2n) is 7.44. The molecule has 3 rings (SSSR count). The third-order valence-corrected chi connectivity index (χ3v) is 5.48. The molecule has 1 aromatic carbocycles. The third kappa shape index (κ3) is 3.61. The Morgan fingerprint density at radius 1 is 1.15 bits per heavy atom. The largest absolute Gasteiger partial charge is 0.351 e. The number of benzene rings is 1. The molecule has 27 heavy (non-hydrogen) atoms. The zero-order valence-corrected chi connectivity index (χ0v) is 17.2. The third-order valence-electron chi connectivity index (χ3n) is 5.48. The van der Waals surface area contributed by atoms with Crippen molar-refractivity contribution in [2.75, 3.05) is 26.2 Å².